The van der Waals surface area contributed by atoms with Gasteiger partial charge in [0.05, 0.1) is 32.0 Å². The molecule has 2 heterocycles. The highest BCUT2D eigenvalue weighted by molar-refractivity contribution is 5.76. The van der Waals surface area contributed by atoms with E-state index in [1.807, 2.05) is 6.08 Å². The first kappa shape index (κ1) is 57.3. The molecule has 2 aliphatic heterocycles. The molecule has 368 valence electrons. The van der Waals surface area contributed by atoms with E-state index in [1.54, 1.807) is 6.08 Å². The summed E-state index contributed by atoms with van der Waals surface area (Å²) in [7, 11) is 0. The topological polar surface area (TPSA) is 228 Å². The Balaban J connectivity index is 1.89. The van der Waals surface area contributed by atoms with Gasteiger partial charge in [-0.05, 0) is 57.8 Å². The Labute approximate surface area is 379 Å². The molecule has 14 nitrogen and oxygen atoms in total. The van der Waals surface area contributed by atoms with E-state index in [4.69, 9.17) is 18.9 Å². The van der Waals surface area contributed by atoms with Gasteiger partial charge in [0.2, 0.25) is 5.91 Å². The van der Waals surface area contributed by atoms with Crippen molar-refractivity contribution in [2.24, 2.45) is 0 Å². The number of aliphatic hydroxyl groups excluding tert-OH is 8. The third kappa shape index (κ3) is 24.0. The molecule has 63 heavy (non-hydrogen) atoms. The molecule has 14 heteroatoms. The summed E-state index contributed by atoms with van der Waals surface area (Å²) in [5, 5.41) is 86.6. The fourth-order valence-corrected chi connectivity index (χ4v) is 7.95. The third-order valence-electron chi connectivity index (χ3n) is 12.0. The number of aliphatic hydroxyl groups is 8. The van der Waals surface area contributed by atoms with Crippen molar-refractivity contribution in [2.45, 2.75) is 248 Å². The standard InChI is InChI=1S/C49H89NO13/c1-3-5-7-9-11-13-15-17-19-21-23-25-27-29-31-33-41(54)50-37(38(53)32-30-28-26-24-22-20-18-16-14-12-10-8-6-4-2)36-60-48-46(59)44(57)47(40(35-52)62-48)63-49-45(58)43(56)42(55)39(34-51)61-49/h17,19,22,24,30,32,37-40,42-49,51-53,55-59H,3-16,18,20-21,23,25-29,31,33-36H2,1-2H3,(H,50,54)/b19-17-,24-22+,32-30+. The van der Waals surface area contributed by atoms with E-state index in [-0.39, 0.29) is 18.9 Å². The number of nitrogens with one attached hydrogen (secondary N) is 1. The van der Waals surface area contributed by atoms with Crippen LogP contribution in [0.3, 0.4) is 0 Å². The molecule has 2 rings (SSSR count). The lowest BCUT2D eigenvalue weighted by Crippen LogP contribution is -2.65. The molecule has 12 atom stereocenters. The lowest BCUT2D eigenvalue weighted by Gasteiger charge is -2.46. The van der Waals surface area contributed by atoms with Crippen LogP contribution in [0, 0.1) is 0 Å². The highest BCUT2D eigenvalue weighted by Gasteiger charge is 2.51. The van der Waals surface area contributed by atoms with E-state index >= 15 is 0 Å². The Bertz CT molecular complexity index is 1200. The number of hydrogen-bond acceptors (Lipinski definition) is 13. The second-order valence-electron chi connectivity index (χ2n) is 17.6. The van der Waals surface area contributed by atoms with E-state index in [1.165, 1.54) is 89.9 Å². The minimum Gasteiger partial charge on any atom is -0.394 e. The number of amides is 1. The average molecular weight is 900 g/mol. The van der Waals surface area contributed by atoms with Crippen LogP contribution in [-0.2, 0) is 23.7 Å². The zero-order valence-corrected chi connectivity index (χ0v) is 38.8. The van der Waals surface area contributed by atoms with Gasteiger partial charge in [0, 0.05) is 6.42 Å². The molecule has 1 amide bonds. The maximum absolute atomic E-state index is 13.1. The van der Waals surface area contributed by atoms with Gasteiger partial charge in [0.15, 0.2) is 12.6 Å². The normalized spacial score (nSPS) is 27.8. The molecule has 9 N–H and O–H groups in total. The van der Waals surface area contributed by atoms with Crippen LogP contribution in [0.1, 0.15) is 174 Å². The number of allylic oxidation sites excluding steroid dienone is 5. The van der Waals surface area contributed by atoms with Gasteiger partial charge in [-0.3, -0.25) is 4.79 Å². The van der Waals surface area contributed by atoms with Gasteiger partial charge in [-0.1, -0.05) is 147 Å². The molecule has 0 aromatic carbocycles. The maximum Gasteiger partial charge on any atom is 0.220 e. The van der Waals surface area contributed by atoms with E-state index in [0.29, 0.717) is 12.8 Å². The first-order chi connectivity index (χ1) is 30.6. The predicted octanol–water partition coefficient (Wildman–Crippen LogP) is 5.93. The molecule has 2 aliphatic rings. The molecule has 0 aliphatic carbocycles. The van der Waals surface area contributed by atoms with Crippen molar-refractivity contribution >= 4 is 5.91 Å². The molecule has 2 fully saturated rings. The predicted molar refractivity (Wildman–Crippen MR) is 244 cm³/mol. The SMILES string of the molecule is CCCCCCCC/C=C\CCCCCCCC(=O)NC(COC1OC(CO)C(OC2OC(CO)C(O)C(O)C2O)C(O)C1O)C(O)/C=C/CC/C=C/CCCCCCCCCC. The van der Waals surface area contributed by atoms with Crippen molar-refractivity contribution in [1.29, 1.82) is 0 Å². The summed E-state index contributed by atoms with van der Waals surface area (Å²) in [5.41, 5.74) is 0. The van der Waals surface area contributed by atoms with Gasteiger partial charge in [-0.25, -0.2) is 0 Å². The van der Waals surface area contributed by atoms with Gasteiger partial charge in [0.25, 0.3) is 0 Å². The smallest absolute Gasteiger partial charge is 0.220 e. The molecule has 0 radical (unpaired) electrons. The minimum absolute atomic E-state index is 0.260. The largest absolute Gasteiger partial charge is 0.394 e. The number of carbonyl (C=O) groups excluding carboxylic acids is 1. The summed E-state index contributed by atoms with van der Waals surface area (Å²) in [4.78, 5) is 13.1. The van der Waals surface area contributed by atoms with Gasteiger partial charge >= 0.3 is 0 Å². The number of rotatable bonds is 37. The maximum atomic E-state index is 13.1. The summed E-state index contributed by atoms with van der Waals surface area (Å²) in [6.45, 7) is 2.73. The van der Waals surface area contributed by atoms with Crippen LogP contribution in [0.2, 0.25) is 0 Å². The van der Waals surface area contributed by atoms with E-state index < -0.39 is 86.8 Å². The van der Waals surface area contributed by atoms with Crippen LogP contribution >= 0.6 is 0 Å². The second kappa shape index (κ2) is 36.3. The van der Waals surface area contributed by atoms with Crippen molar-refractivity contribution in [1.82, 2.24) is 5.32 Å². The molecule has 12 unspecified atom stereocenters. The zero-order valence-electron chi connectivity index (χ0n) is 38.8. The molecule has 0 saturated carbocycles. The Morgan fingerprint density at radius 3 is 1.56 bits per heavy atom. The Morgan fingerprint density at radius 2 is 1.02 bits per heavy atom. The van der Waals surface area contributed by atoms with Gasteiger partial charge in [-0.15, -0.1) is 0 Å². The highest BCUT2D eigenvalue weighted by Crippen LogP contribution is 2.30. The number of hydrogen-bond donors (Lipinski definition) is 9. The van der Waals surface area contributed by atoms with Gasteiger partial charge in [-0.2, -0.15) is 0 Å². The molecule has 0 aromatic rings. The van der Waals surface area contributed by atoms with E-state index in [9.17, 15) is 45.6 Å². The quantitative estimate of drug-likeness (QED) is 0.0261. The lowest BCUT2D eigenvalue weighted by atomic mass is 9.97. The first-order valence-corrected chi connectivity index (χ1v) is 24.7. The monoisotopic (exact) mass is 900 g/mol. The summed E-state index contributed by atoms with van der Waals surface area (Å²) in [6, 6.07) is -0.932. The number of carbonyl (C=O) groups is 1. The number of unbranched alkanes of at least 4 members (excludes halogenated alkanes) is 20. The Hall–Kier alpha value is -1.79. The van der Waals surface area contributed by atoms with Gasteiger partial charge < -0.3 is 65.1 Å². The minimum atomic E-state index is -1.79. The highest BCUT2D eigenvalue weighted by atomic mass is 16.7. The fourth-order valence-electron chi connectivity index (χ4n) is 7.95. The van der Waals surface area contributed by atoms with Crippen molar-refractivity contribution in [2.75, 3.05) is 19.8 Å². The van der Waals surface area contributed by atoms with E-state index in [0.717, 1.165) is 51.4 Å². The summed E-state index contributed by atoms with van der Waals surface area (Å²) < 4.78 is 22.6. The van der Waals surface area contributed by atoms with Crippen molar-refractivity contribution in [3.05, 3.63) is 36.5 Å². The van der Waals surface area contributed by atoms with E-state index in [2.05, 4.69) is 43.5 Å². The van der Waals surface area contributed by atoms with Crippen molar-refractivity contribution < 1.29 is 64.6 Å². The van der Waals surface area contributed by atoms with Crippen LogP contribution < -0.4 is 5.32 Å². The first-order valence-electron chi connectivity index (χ1n) is 24.7. The van der Waals surface area contributed by atoms with Crippen LogP contribution in [0.4, 0.5) is 0 Å². The third-order valence-corrected chi connectivity index (χ3v) is 12.0. The fraction of sp³-hybridized carbons (Fsp3) is 0.857. The van der Waals surface area contributed by atoms with Crippen LogP contribution in [0.15, 0.2) is 36.5 Å². The molecule has 0 bridgehead atoms. The average Bonchev–Trinajstić information content (AvgIpc) is 3.28. The molecular formula is C49H89NO13. The van der Waals surface area contributed by atoms with Crippen LogP contribution in [0.5, 0.6) is 0 Å². The number of ether oxygens (including phenoxy) is 4. The zero-order chi connectivity index (χ0) is 46.1. The van der Waals surface area contributed by atoms with Crippen molar-refractivity contribution in [3.63, 3.8) is 0 Å². The molecular weight excluding hydrogens is 811 g/mol. The van der Waals surface area contributed by atoms with Crippen LogP contribution in [-0.4, -0.2) is 140 Å². The Morgan fingerprint density at radius 1 is 0.556 bits per heavy atom. The lowest BCUT2D eigenvalue weighted by molar-refractivity contribution is -0.359. The molecule has 0 aromatic heterocycles. The van der Waals surface area contributed by atoms with Gasteiger partial charge in [0.1, 0.15) is 48.8 Å². The molecule has 2 saturated heterocycles. The second-order valence-corrected chi connectivity index (χ2v) is 17.6. The van der Waals surface area contributed by atoms with Crippen molar-refractivity contribution in [3.8, 4) is 0 Å². The summed E-state index contributed by atoms with van der Waals surface area (Å²) in [6.07, 6.45) is 23.3. The summed E-state index contributed by atoms with van der Waals surface area (Å²) in [5.74, 6) is -0.260. The summed E-state index contributed by atoms with van der Waals surface area (Å²) >= 11 is 0. The van der Waals surface area contributed by atoms with Crippen LogP contribution in [0.25, 0.3) is 0 Å². The molecule has 0 spiro atoms. The Kier molecular flexibility index (Phi) is 33.1.